The number of carbonyl (C=O) groups excluding carboxylic acids is 1. The first-order chi connectivity index (χ1) is 10.2. The number of benzene rings is 1. The number of nitrogens with zero attached hydrogens (tertiary/aromatic N) is 2. The summed E-state index contributed by atoms with van der Waals surface area (Å²) >= 11 is 2.68. The minimum absolute atomic E-state index is 0.143. The molecule has 21 heavy (non-hydrogen) atoms. The van der Waals surface area contributed by atoms with Gasteiger partial charge in [0.15, 0.2) is 5.13 Å². The third-order valence-electron chi connectivity index (χ3n) is 2.68. The van der Waals surface area contributed by atoms with E-state index in [-0.39, 0.29) is 18.1 Å². The predicted molar refractivity (Wildman–Crippen MR) is 82.0 cm³/mol. The van der Waals surface area contributed by atoms with E-state index in [0.717, 1.165) is 0 Å². The van der Waals surface area contributed by atoms with Crippen molar-refractivity contribution in [1.82, 2.24) is 9.97 Å². The molecule has 3 rings (SSSR count). The van der Waals surface area contributed by atoms with E-state index in [1.165, 1.54) is 28.7 Å². The Morgan fingerprint density at radius 3 is 2.90 bits per heavy atom. The van der Waals surface area contributed by atoms with Crippen LogP contribution in [-0.2, 0) is 11.2 Å². The molecule has 7 heteroatoms. The summed E-state index contributed by atoms with van der Waals surface area (Å²) in [4.78, 5) is 20.1. The SMILES string of the molecule is O=C(Cc1csc(-c2ccccc2F)n1)Nc1nccs1. The van der Waals surface area contributed by atoms with Gasteiger partial charge in [-0.15, -0.1) is 22.7 Å². The van der Waals surface area contributed by atoms with E-state index in [9.17, 15) is 9.18 Å². The van der Waals surface area contributed by atoms with E-state index in [4.69, 9.17) is 0 Å². The maximum atomic E-state index is 13.7. The first-order valence-corrected chi connectivity index (χ1v) is 7.87. The van der Waals surface area contributed by atoms with Gasteiger partial charge in [0.05, 0.1) is 12.1 Å². The van der Waals surface area contributed by atoms with Gasteiger partial charge >= 0.3 is 0 Å². The molecule has 0 radical (unpaired) electrons. The molecule has 0 aliphatic carbocycles. The maximum absolute atomic E-state index is 13.7. The first-order valence-electron chi connectivity index (χ1n) is 6.11. The monoisotopic (exact) mass is 319 g/mol. The summed E-state index contributed by atoms with van der Waals surface area (Å²) in [7, 11) is 0. The van der Waals surface area contributed by atoms with E-state index in [1.807, 2.05) is 0 Å². The molecule has 1 amide bonds. The standard InChI is InChI=1S/C14H10FN3OS2/c15-11-4-2-1-3-10(11)13-17-9(8-21-13)7-12(19)18-14-16-5-6-20-14/h1-6,8H,7H2,(H,16,18,19). The lowest BCUT2D eigenvalue weighted by atomic mass is 10.2. The highest BCUT2D eigenvalue weighted by atomic mass is 32.1. The molecule has 0 saturated heterocycles. The van der Waals surface area contributed by atoms with Crippen LogP contribution in [0.5, 0.6) is 0 Å². The number of rotatable bonds is 4. The molecule has 0 atom stereocenters. The Labute approximate surface area is 128 Å². The molecule has 2 heterocycles. The van der Waals surface area contributed by atoms with Gasteiger partial charge in [-0.3, -0.25) is 4.79 Å². The molecular formula is C14H10FN3OS2. The molecule has 106 valence electrons. The van der Waals surface area contributed by atoms with Gasteiger partial charge in [0.2, 0.25) is 5.91 Å². The Morgan fingerprint density at radius 1 is 1.29 bits per heavy atom. The van der Waals surface area contributed by atoms with E-state index in [1.54, 1.807) is 35.2 Å². The minimum atomic E-state index is -0.314. The van der Waals surface area contributed by atoms with Crippen molar-refractivity contribution in [3.8, 4) is 10.6 Å². The Hall–Kier alpha value is -2.12. The number of thiazole rings is 2. The Kier molecular flexibility index (Phi) is 4.03. The van der Waals surface area contributed by atoms with Crippen molar-refractivity contribution < 1.29 is 9.18 Å². The molecule has 2 aromatic heterocycles. The lowest BCUT2D eigenvalue weighted by Gasteiger charge is -1.99. The molecule has 0 unspecified atom stereocenters. The Morgan fingerprint density at radius 2 is 2.14 bits per heavy atom. The summed E-state index contributed by atoms with van der Waals surface area (Å²) in [5.74, 6) is -0.499. The zero-order chi connectivity index (χ0) is 14.7. The average Bonchev–Trinajstić information content (AvgIpc) is 3.11. The van der Waals surface area contributed by atoms with Crippen LogP contribution in [0.3, 0.4) is 0 Å². The van der Waals surface area contributed by atoms with Gasteiger partial charge in [-0.05, 0) is 12.1 Å². The van der Waals surface area contributed by atoms with Crippen LogP contribution >= 0.6 is 22.7 Å². The van der Waals surface area contributed by atoms with E-state index in [2.05, 4.69) is 15.3 Å². The maximum Gasteiger partial charge on any atom is 0.232 e. The molecule has 0 bridgehead atoms. The number of amides is 1. The molecule has 1 N–H and O–H groups in total. The second-order valence-electron chi connectivity index (χ2n) is 4.19. The molecule has 0 aliphatic heterocycles. The van der Waals surface area contributed by atoms with E-state index < -0.39 is 0 Å². The van der Waals surface area contributed by atoms with Crippen LogP contribution in [0.25, 0.3) is 10.6 Å². The third kappa shape index (κ3) is 3.32. The molecular weight excluding hydrogens is 309 g/mol. The van der Waals surface area contributed by atoms with Crippen molar-refractivity contribution in [2.24, 2.45) is 0 Å². The van der Waals surface area contributed by atoms with Gasteiger partial charge in [-0.25, -0.2) is 14.4 Å². The third-order valence-corrected chi connectivity index (χ3v) is 4.29. The van der Waals surface area contributed by atoms with Crippen LogP contribution in [0.15, 0.2) is 41.2 Å². The van der Waals surface area contributed by atoms with Crippen LogP contribution in [0, 0.1) is 5.82 Å². The first kappa shape index (κ1) is 13.8. The number of hydrogen-bond acceptors (Lipinski definition) is 5. The largest absolute Gasteiger partial charge is 0.302 e. The zero-order valence-electron chi connectivity index (χ0n) is 10.7. The predicted octanol–water partition coefficient (Wildman–Crippen LogP) is 3.59. The summed E-state index contributed by atoms with van der Waals surface area (Å²) in [5, 5.41) is 7.38. The van der Waals surface area contributed by atoms with Gasteiger partial charge < -0.3 is 5.32 Å². The van der Waals surface area contributed by atoms with Crippen molar-refractivity contribution in [3.05, 3.63) is 52.7 Å². The summed E-state index contributed by atoms with van der Waals surface area (Å²) in [6.07, 6.45) is 1.77. The normalized spacial score (nSPS) is 10.5. The number of carbonyl (C=O) groups is 1. The van der Waals surface area contributed by atoms with Crippen molar-refractivity contribution in [2.75, 3.05) is 5.32 Å². The Bertz CT molecular complexity index is 755. The quantitative estimate of drug-likeness (QED) is 0.799. The molecule has 1 aromatic carbocycles. The molecule has 0 aliphatic rings. The summed E-state index contributed by atoms with van der Waals surface area (Å²) in [5.41, 5.74) is 1.07. The van der Waals surface area contributed by atoms with Gasteiger partial charge in [0, 0.05) is 22.5 Å². The second-order valence-corrected chi connectivity index (χ2v) is 5.94. The van der Waals surface area contributed by atoms with Crippen LogP contribution < -0.4 is 5.32 Å². The number of aromatic nitrogens is 2. The molecule has 0 fully saturated rings. The fraction of sp³-hybridized carbons (Fsp3) is 0.0714. The van der Waals surface area contributed by atoms with Crippen LogP contribution in [0.1, 0.15) is 5.69 Å². The van der Waals surface area contributed by atoms with Crippen molar-refractivity contribution in [1.29, 1.82) is 0 Å². The minimum Gasteiger partial charge on any atom is -0.302 e. The van der Waals surface area contributed by atoms with Crippen molar-refractivity contribution in [2.45, 2.75) is 6.42 Å². The van der Waals surface area contributed by atoms with Gasteiger partial charge in [0.25, 0.3) is 0 Å². The number of halogens is 1. The molecule has 0 saturated carbocycles. The van der Waals surface area contributed by atoms with Crippen molar-refractivity contribution >= 4 is 33.7 Å². The number of nitrogens with one attached hydrogen (secondary N) is 1. The van der Waals surface area contributed by atoms with Gasteiger partial charge in [-0.2, -0.15) is 0 Å². The topological polar surface area (TPSA) is 54.9 Å². The van der Waals surface area contributed by atoms with E-state index >= 15 is 0 Å². The van der Waals surface area contributed by atoms with Crippen molar-refractivity contribution in [3.63, 3.8) is 0 Å². The van der Waals surface area contributed by atoms with Crippen LogP contribution in [-0.4, -0.2) is 15.9 Å². The summed E-state index contributed by atoms with van der Waals surface area (Å²) < 4.78 is 13.7. The average molecular weight is 319 g/mol. The fourth-order valence-electron chi connectivity index (χ4n) is 1.76. The van der Waals surface area contributed by atoms with E-state index in [0.29, 0.717) is 21.4 Å². The highest BCUT2D eigenvalue weighted by Gasteiger charge is 2.12. The molecule has 3 aromatic rings. The lowest BCUT2D eigenvalue weighted by Crippen LogP contribution is -2.14. The smallest absolute Gasteiger partial charge is 0.232 e. The summed E-state index contributed by atoms with van der Waals surface area (Å²) in [6.45, 7) is 0. The summed E-state index contributed by atoms with van der Waals surface area (Å²) in [6, 6.07) is 6.46. The second kappa shape index (κ2) is 6.11. The number of hydrogen-bond donors (Lipinski definition) is 1. The fourth-order valence-corrected chi connectivity index (χ4v) is 3.15. The van der Waals surface area contributed by atoms with Gasteiger partial charge in [0.1, 0.15) is 10.8 Å². The molecule has 4 nitrogen and oxygen atoms in total. The lowest BCUT2D eigenvalue weighted by molar-refractivity contribution is -0.115. The highest BCUT2D eigenvalue weighted by molar-refractivity contribution is 7.13. The number of anilines is 1. The Balaban J connectivity index is 1.71. The highest BCUT2D eigenvalue weighted by Crippen LogP contribution is 2.26. The van der Waals surface area contributed by atoms with Gasteiger partial charge in [-0.1, -0.05) is 12.1 Å². The molecule has 0 spiro atoms. The van der Waals surface area contributed by atoms with Crippen LogP contribution in [0.2, 0.25) is 0 Å². The van der Waals surface area contributed by atoms with Crippen LogP contribution in [0.4, 0.5) is 9.52 Å². The zero-order valence-corrected chi connectivity index (χ0v) is 12.4.